The maximum absolute atomic E-state index is 11.5. The molecule has 0 atom stereocenters. The molecule has 5 nitrogen and oxygen atoms in total. The zero-order valence-electron chi connectivity index (χ0n) is 8.93. The second-order valence-electron chi connectivity index (χ2n) is 2.97. The summed E-state index contributed by atoms with van der Waals surface area (Å²) in [4.78, 5) is 22.4. The van der Waals surface area contributed by atoms with Gasteiger partial charge in [0, 0.05) is 5.69 Å². The molecule has 0 saturated heterocycles. The van der Waals surface area contributed by atoms with Gasteiger partial charge in [-0.2, -0.15) is 0 Å². The van der Waals surface area contributed by atoms with E-state index in [0.29, 0.717) is 5.69 Å². The van der Waals surface area contributed by atoms with Crippen molar-refractivity contribution in [2.24, 2.45) is 0 Å². The normalized spacial score (nSPS) is 9.56. The molecular weight excluding hydrogens is 210 g/mol. The molecule has 0 aliphatic rings. The van der Waals surface area contributed by atoms with Crippen LogP contribution in [-0.2, 0) is 14.3 Å². The Morgan fingerprint density at radius 3 is 2.56 bits per heavy atom. The van der Waals surface area contributed by atoms with Gasteiger partial charge in [0.05, 0.1) is 12.2 Å². The fourth-order valence-electron chi connectivity index (χ4n) is 1.09. The first-order chi connectivity index (χ1) is 7.65. The highest BCUT2D eigenvalue weighted by Gasteiger charge is 2.12. The molecule has 0 radical (unpaired) electrons. The number of benzene rings is 1. The molecule has 0 bridgehead atoms. The Bertz CT molecular complexity index is 389. The molecule has 86 valence electrons. The first kappa shape index (κ1) is 12.0. The van der Waals surface area contributed by atoms with Gasteiger partial charge in [0.1, 0.15) is 0 Å². The van der Waals surface area contributed by atoms with E-state index in [-0.39, 0.29) is 12.2 Å². The molecule has 2 N–H and O–H groups in total. The molecule has 0 aromatic heterocycles. The number of anilines is 1. The lowest BCUT2D eigenvalue weighted by molar-refractivity contribution is -0.146. The summed E-state index contributed by atoms with van der Waals surface area (Å²) in [5, 5.41) is 0. The zero-order valence-corrected chi connectivity index (χ0v) is 8.93. The molecule has 0 amide bonds. The number of rotatable bonds is 4. The van der Waals surface area contributed by atoms with Crippen LogP contribution in [0.3, 0.4) is 0 Å². The predicted octanol–water partition coefficient (Wildman–Crippen LogP) is 0.989. The van der Waals surface area contributed by atoms with Crippen LogP contribution in [0.1, 0.15) is 17.3 Å². The summed E-state index contributed by atoms with van der Waals surface area (Å²) >= 11 is 0. The van der Waals surface area contributed by atoms with Crippen molar-refractivity contribution in [1.82, 2.24) is 0 Å². The Labute approximate surface area is 93.1 Å². The van der Waals surface area contributed by atoms with Crippen molar-refractivity contribution in [2.45, 2.75) is 6.92 Å². The van der Waals surface area contributed by atoms with E-state index in [0.717, 1.165) is 0 Å². The number of para-hydroxylation sites is 1. The molecule has 0 aliphatic carbocycles. The maximum atomic E-state index is 11.5. The standard InChI is InChI=1S/C11H13NO4/c1-2-15-10(13)7-16-11(14)8-5-3-4-6-9(8)12/h3-6H,2,7,12H2,1H3. The SMILES string of the molecule is CCOC(=O)COC(=O)c1ccccc1N. The first-order valence-corrected chi connectivity index (χ1v) is 4.82. The summed E-state index contributed by atoms with van der Waals surface area (Å²) in [6.45, 7) is 1.53. The fraction of sp³-hybridized carbons (Fsp3) is 0.273. The lowest BCUT2D eigenvalue weighted by Gasteiger charge is -2.06. The van der Waals surface area contributed by atoms with E-state index in [1.807, 2.05) is 0 Å². The van der Waals surface area contributed by atoms with Crippen LogP contribution < -0.4 is 5.73 Å². The van der Waals surface area contributed by atoms with Gasteiger partial charge in [-0.3, -0.25) is 0 Å². The van der Waals surface area contributed by atoms with Crippen molar-refractivity contribution in [1.29, 1.82) is 0 Å². The third kappa shape index (κ3) is 3.27. The van der Waals surface area contributed by atoms with E-state index in [1.54, 1.807) is 25.1 Å². The minimum atomic E-state index is -0.633. The molecule has 0 aliphatic heterocycles. The largest absolute Gasteiger partial charge is 0.463 e. The molecule has 1 rings (SSSR count). The highest BCUT2D eigenvalue weighted by Crippen LogP contribution is 2.11. The lowest BCUT2D eigenvalue weighted by Crippen LogP contribution is -2.17. The van der Waals surface area contributed by atoms with Crippen LogP contribution in [0.5, 0.6) is 0 Å². The fourth-order valence-corrected chi connectivity index (χ4v) is 1.09. The number of nitrogen functional groups attached to an aromatic ring is 1. The quantitative estimate of drug-likeness (QED) is 0.608. The van der Waals surface area contributed by atoms with E-state index in [1.165, 1.54) is 6.07 Å². The Morgan fingerprint density at radius 2 is 1.94 bits per heavy atom. The second kappa shape index (κ2) is 5.75. The van der Waals surface area contributed by atoms with Gasteiger partial charge >= 0.3 is 11.9 Å². The number of carbonyl (C=O) groups excluding carboxylic acids is 2. The van der Waals surface area contributed by atoms with E-state index in [2.05, 4.69) is 4.74 Å². The monoisotopic (exact) mass is 223 g/mol. The van der Waals surface area contributed by atoms with Crippen molar-refractivity contribution in [2.75, 3.05) is 18.9 Å². The highest BCUT2D eigenvalue weighted by molar-refractivity contribution is 5.95. The van der Waals surface area contributed by atoms with Gasteiger partial charge in [0.2, 0.25) is 0 Å². The van der Waals surface area contributed by atoms with Crippen LogP contribution in [0.25, 0.3) is 0 Å². The average molecular weight is 223 g/mol. The number of ether oxygens (including phenoxy) is 2. The smallest absolute Gasteiger partial charge is 0.344 e. The third-order valence-corrected chi connectivity index (χ3v) is 1.81. The minimum absolute atomic E-state index is 0.242. The third-order valence-electron chi connectivity index (χ3n) is 1.81. The molecule has 0 heterocycles. The molecule has 1 aromatic rings. The van der Waals surface area contributed by atoms with Gasteiger partial charge in [0.25, 0.3) is 0 Å². The summed E-state index contributed by atoms with van der Waals surface area (Å²) in [7, 11) is 0. The molecule has 0 unspecified atom stereocenters. The molecule has 0 spiro atoms. The Hall–Kier alpha value is -2.04. The minimum Gasteiger partial charge on any atom is -0.463 e. The van der Waals surface area contributed by atoms with Crippen molar-refractivity contribution >= 4 is 17.6 Å². The van der Waals surface area contributed by atoms with E-state index < -0.39 is 18.5 Å². The second-order valence-corrected chi connectivity index (χ2v) is 2.97. The van der Waals surface area contributed by atoms with Crippen molar-refractivity contribution < 1.29 is 19.1 Å². The maximum Gasteiger partial charge on any atom is 0.344 e. The van der Waals surface area contributed by atoms with Gasteiger partial charge in [-0.1, -0.05) is 12.1 Å². The number of carbonyl (C=O) groups is 2. The molecule has 0 fully saturated rings. The van der Waals surface area contributed by atoms with Gasteiger partial charge in [0.15, 0.2) is 6.61 Å². The molecule has 1 aromatic carbocycles. The van der Waals surface area contributed by atoms with Crippen LogP contribution >= 0.6 is 0 Å². The Kier molecular flexibility index (Phi) is 4.32. The van der Waals surface area contributed by atoms with Crippen molar-refractivity contribution in [3.05, 3.63) is 29.8 Å². The summed E-state index contributed by atoms with van der Waals surface area (Å²) < 4.78 is 9.34. The zero-order chi connectivity index (χ0) is 12.0. The van der Waals surface area contributed by atoms with E-state index in [9.17, 15) is 9.59 Å². The summed E-state index contributed by atoms with van der Waals surface area (Å²) in [5.74, 6) is -1.21. The van der Waals surface area contributed by atoms with Gasteiger partial charge in [-0.05, 0) is 19.1 Å². The van der Waals surface area contributed by atoms with Gasteiger partial charge < -0.3 is 15.2 Å². The number of esters is 2. The van der Waals surface area contributed by atoms with Crippen molar-refractivity contribution in [3.8, 4) is 0 Å². The predicted molar refractivity (Wildman–Crippen MR) is 57.8 cm³/mol. The Morgan fingerprint density at radius 1 is 1.25 bits per heavy atom. The number of hydrogen-bond acceptors (Lipinski definition) is 5. The molecule has 16 heavy (non-hydrogen) atoms. The Balaban J connectivity index is 2.54. The summed E-state index contributed by atoms with van der Waals surface area (Å²) in [5.41, 5.74) is 6.13. The first-order valence-electron chi connectivity index (χ1n) is 4.82. The summed E-state index contributed by atoms with van der Waals surface area (Å²) in [6.07, 6.45) is 0. The highest BCUT2D eigenvalue weighted by atomic mass is 16.6. The van der Waals surface area contributed by atoms with Crippen LogP contribution in [0, 0.1) is 0 Å². The average Bonchev–Trinajstić information content (AvgIpc) is 2.27. The molecular formula is C11H13NO4. The lowest BCUT2D eigenvalue weighted by atomic mass is 10.2. The van der Waals surface area contributed by atoms with Crippen LogP contribution in [0.4, 0.5) is 5.69 Å². The molecule has 5 heteroatoms. The number of nitrogens with two attached hydrogens (primary N) is 1. The molecule has 0 saturated carbocycles. The van der Waals surface area contributed by atoms with Crippen LogP contribution in [-0.4, -0.2) is 25.2 Å². The van der Waals surface area contributed by atoms with Gasteiger partial charge in [-0.25, -0.2) is 9.59 Å². The van der Waals surface area contributed by atoms with Gasteiger partial charge in [-0.15, -0.1) is 0 Å². The van der Waals surface area contributed by atoms with Crippen molar-refractivity contribution in [3.63, 3.8) is 0 Å². The van der Waals surface area contributed by atoms with Crippen LogP contribution in [0.15, 0.2) is 24.3 Å². The van der Waals surface area contributed by atoms with E-state index >= 15 is 0 Å². The van der Waals surface area contributed by atoms with E-state index in [4.69, 9.17) is 10.5 Å². The van der Waals surface area contributed by atoms with Crippen LogP contribution in [0.2, 0.25) is 0 Å². The number of hydrogen-bond donors (Lipinski definition) is 1. The summed E-state index contributed by atoms with van der Waals surface area (Å²) in [6, 6.07) is 6.48. The topological polar surface area (TPSA) is 78.6 Å².